The number of morpholine rings is 1. The lowest BCUT2D eigenvalue weighted by Gasteiger charge is -2.28. The van der Waals surface area contributed by atoms with E-state index in [0.29, 0.717) is 6.54 Å². The number of halogens is 1. The van der Waals surface area contributed by atoms with Crippen LogP contribution in [0.15, 0.2) is 24.3 Å². The first-order valence-corrected chi connectivity index (χ1v) is 5.75. The van der Waals surface area contributed by atoms with Gasteiger partial charge in [0.1, 0.15) is 5.82 Å². The Morgan fingerprint density at radius 3 is 2.53 bits per heavy atom. The smallest absolute Gasteiger partial charge is 0.123 e. The highest BCUT2D eigenvalue weighted by atomic mass is 19.1. The van der Waals surface area contributed by atoms with E-state index in [1.807, 2.05) is 0 Å². The predicted octanol–water partition coefficient (Wildman–Crippen LogP) is 1.77. The second-order valence-electron chi connectivity index (χ2n) is 4.15. The molecule has 0 saturated carbocycles. The minimum absolute atomic E-state index is 0.200. The highest BCUT2D eigenvalue weighted by molar-refractivity contribution is 5.25. The summed E-state index contributed by atoms with van der Waals surface area (Å²) in [4.78, 5) is 2.21. The van der Waals surface area contributed by atoms with Gasteiger partial charge in [0.2, 0.25) is 0 Å². The standard InChI is InChI=1S/C13H15FN2O/c14-13-3-1-11(2-4-13)12(9-15)10-16-5-7-17-8-6-16/h1-4,12H,5-8,10H2. The molecule has 0 N–H and O–H groups in total. The Bertz CT molecular complexity index is 393. The van der Waals surface area contributed by atoms with Crippen molar-refractivity contribution in [3.05, 3.63) is 35.6 Å². The van der Waals surface area contributed by atoms with Crippen LogP contribution in [0.2, 0.25) is 0 Å². The second kappa shape index (κ2) is 5.76. The number of ether oxygens (including phenoxy) is 1. The SMILES string of the molecule is N#CC(CN1CCOCC1)c1ccc(F)cc1. The number of hydrogen-bond donors (Lipinski definition) is 0. The molecule has 17 heavy (non-hydrogen) atoms. The van der Waals surface area contributed by atoms with Gasteiger partial charge in [-0.2, -0.15) is 5.26 Å². The molecule has 0 aromatic heterocycles. The van der Waals surface area contributed by atoms with Crippen molar-refractivity contribution < 1.29 is 9.13 Å². The van der Waals surface area contributed by atoms with Crippen LogP contribution in [-0.2, 0) is 4.74 Å². The molecular formula is C13H15FN2O. The van der Waals surface area contributed by atoms with Gasteiger partial charge in [0.15, 0.2) is 0 Å². The summed E-state index contributed by atoms with van der Waals surface area (Å²) in [5, 5.41) is 9.18. The lowest BCUT2D eigenvalue weighted by atomic mass is 10.00. The maximum Gasteiger partial charge on any atom is 0.123 e. The van der Waals surface area contributed by atoms with Crippen LogP contribution in [0.4, 0.5) is 4.39 Å². The molecule has 2 rings (SSSR count). The second-order valence-corrected chi connectivity index (χ2v) is 4.15. The molecule has 1 aromatic rings. The molecule has 0 bridgehead atoms. The molecule has 1 heterocycles. The minimum Gasteiger partial charge on any atom is -0.379 e. The average Bonchev–Trinajstić information content (AvgIpc) is 2.38. The first-order chi connectivity index (χ1) is 8.29. The van der Waals surface area contributed by atoms with Crippen LogP contribution in [0.3, 0.4) is 0 Å². The molecule has 1 aliphatic rings. The Morgan fingerprint density at radius 2 is 1.94 bits per heavy atom. The van der Waals surface area contributed by atoms with Crippen molar-refractivity contribution in [1.82, 2.24) is 4.90 Å². The van der Waals surface area contributed by atoms with Gasteiger partial charge in [-0.3, -0.25) is 4.90 Å². The van der Waals surface area contributed by atoms with Gasteiger partial charge in [0.05, 0.1) is 25.2 Å². The van der Waals surface area contributed by atoms with Gasteiger partial charge in [-0.25, -0.2) is 4.39 Å². The van der Waals surface area contributed by atoms with Crippen molar-refractivity contribution in [2.45, 2.75) is 5.92 Å². The van der Waals surface area contributed by atoms with Gasteiger partial charge in [0, 0.05) is 19.6 Å². The first-order valence-electron chi connectivity index (χ1n) is 5.75. The van der Waals surface area contributed by atoms with Crippen LogP contribution in [-0.4, -0.2) is 37.7 Å². The summed E-state index contributed by atoms with van der Waals surface area (Å²) < 4.78 is 18.1. The minimum atomic E-state index is -0.267. The molecule has 1 atom stereocenters. The zero-order chi connectivity index (χ0) is 12.1. The third-order valence-corrected chi connectivity index (χ3v) is 2.97. The maximum atomic E-state index is 12.8. The van der Waals surface area contributed by atoms with E-state index < -0.39 is 0 Å². The molecule has 1 aliphatic heterocycles. The number of rotatable bonds is 3. The van der Waals surface area contributed by atoms with Crippen molar-refractivity contribution in [3.63, 3.8) is 0 Å². The topological polar surface area (TPSA) is 36.3 Å². The number of nitriles is 1. The summed E-state index contributed by atoms with van der Waals surface area (Å²) in [5.74, 6) is -0.467. The zero-order valence-electron chi connectivity index (χ0n) is 9.60. The third kappa shape index (κ3) is 3.26. The van der Waals surface area contributed by atoms with E-state index in [-0.39, 0.29) is 11.7 Å². The van der Waals surface area contributed by atoms with E-state index in [0.717, 1.165) is 31.9 Å². The van der Waals surface area contributed by atoms with Crippen LogP contribution in [0.5, 0.6) is 0 Å². The molecule has 3 nitrogen and oxygen atoms in total. The van der Waals surface area contributed by atoms with Gasteiger partial charge < -0.3 is 4.74 Å². The van der Waals surface area contributed by atoms with Crippen molar-refractivity contribution in [3.8, 4) is 6.07 Å². The van der Waals surface area contributed by atoms with E-state index >= 15 is 0 Å². The Labute approximate surface area is 100 Å². The van der Waals surface area contributed by atoms with Crippen LogP contribution >= 0.6 is 0 Å². The lowest BCUT2D eigenvalue weighted by molar-refractivity contribution is 0.0370. The summed E-state index contributed by atoms with van der Waals surface area (Å²) in [7, 11) is 0. The molecule has 0 aliphatic carbocycles. The van der Waals surface area contributed by atoms with E-state index in [1.165, 1.54) is 12.1 Å². The fourth-order valence-corrected chi connectivity index (χ4v) is 1.96. The van der Waals surface area contributed by atoms with Gasteiger partial charge in [-0.1, -0.05) is 12.1 Å². The van der Waals surface area contributed by atoms with Gasteiger partial charge >= 0.3 is 0 Å². The molecule has 4 heteroatoms. The lowest BCUT2D eigenvalue weighted by Crippen LogP contribution is -2.38. The number of nitrogens with zero attached hydrogens (tertiary/aromatic N) is 2. The highest BCUT2D eigenvalue weighted by Gasteiger charge is 2.17. The van der Waals surface area contributed by atoms with Crippen molar-refractivity contribution in [2.24, 2.45) is 0 Å². The summed E-state index contributed by atoms with van der Waals surface area (Å²) in [5.41, 5.74) is 0.875. The predicted molar refractivity (Wildman–Crippen MR) is 62.0 cm³/mol. The molecule has 1 fully saturated rings. The zero-order valence-corrected chi connectivity index (χ0v) is 9.60. The van der Waals surface area contributed by atoms with E-state index in [9.17, 15) is 9.65 Å². The van der Waals surface area contributed by atoms with Crippen molar-refractivity contribution >= 4 is 0 Å². The van der Waals surface area contributed by atoms with E-state index in [4.69, 9.17) is 4.74 Å². The Morgan fingerprint density at radius 1 is 1.29 bits per heavy atom. The van der Waals surface area contributed by atoms with Gasteiger partial charge in [-0.15, -0.1) is 0 Å². The maximum absolute atomic E-state index is 12.8. The summed E-state index contributed by atoms with van der Waals surface area (Å²) in [6, 6.07) is 8.45. The highest BCUT2D eigenvalue weighted by Crippen LogP contribution is 2.17. The van der Waals surface area contributed by atoms with E-state index in [2.05, 4.69) is 11.0 Å². The third-order valence-electron chi connectivity index (χ3n) is 2.97. The first kappa shape index (κ1) is 12.0. The van der Waals surface area contributed by atoms with Crippen molar-refractivity contribution in [1.29, 1.82) is 5.26 Å². The fourth-order valence-electron chi connectivity index (χ4n) is 1.96. The van der Waals surface area contributed by atoms with Crippen LogP contribution in [0.1, 0.15) is 11.5 Å². The summed E-state index contributed by atoms with van der Waals surface area (Å²) >= 11 is 0. The van der Waals surface area contributed by atoms with Gasteiger partial charge in [-0.05, 0) is 17.7 Å². The quantitative estimate of drug-likeness (QED) is 0.799. The Kier molecular flexibility index (Phi) is 4.08. The molecule has 1 unspecified atom stereocenters. The normalized spacial score (nSPS) is 18.6. The monoisotopic (exact) mass is 234 g/mol. The average molecular weight is 234 g/mol. The fraction of sp³-hybridized carbons (Fsp3) is 0.462. The molecule has 0 radical (unpaired) electrons. The summed E-state index contributed by atoms with van der Waals surface area (Å²) in [6.07, 6.45) is 0. The van der Waals surface area contributed by atoms with Crippen LogP contribution in [0.25, 0.3) is 0 Å². The van der Waals surface area contributed by atoms with Crippen molar-refractivity contribution in [2.75, 3.05) is 32.8 Å². The molecule has 0 spiro atoms. The molecular weight excluding hydrogens is 219 g/mol. The van der Waals surface area contributed by atoms with E-state index in [1.54, 1.807) is 12.1 Å². The molecule has 0 amide bonds. The number of hydrogen-bond acceptors (Lipinski definition) is 3. The summed E-state index contributed by atoms with van der Waals surface area (Å²) in [6.45, 7) is 3.85. The largest absolute Gasteiger partial charge is 0.379 e. The molecule has 1 saturated heterocycles. The number of benzene rings is 1. The van der Waals surface area contributed by atoms with Crippen LogP contribution < -0.4 is 0 Å². The Balaban J connectivity index is 2.01. The van der Waals surface area contributed by atoms with Crippen LogP contribution in [0, 0.1) is 17.1 Å². The molecule has 1 aromatic carbocycles. The molecule has 90 valence electrons. The Hall–Kier alpha value is -1.44. The van der Waals surface area contributed by atoms with Gasteiger partial charge in [0.25, 0.3) is 0 Å².